The molecule has 2 aromatic rings. The molecule has 2 heterocycles. The summed E-state index contributed by atoms with van der Waals surface area (Å²) in [7, 11) is 1.94. The Morgan fingerprint density at radius 1 is 1.53 bits per heavy atom. The van der Waals surface area contributed by atoms with Crippen LogP contribution in [0, 0.1) is 0 Å². The third-order valence-corrected chi connectivity index (χ3v) is 3.76. The number of nitrogens with zero attached hydrogens (tertiary/aromatic N) is 2. The number of thiophene rings is 1. The van der Waals surface area contributed by atoms with Crippen LogP contribution in [0.1, 0.15) is 5.56 Å². The molecule has 0 fully saturated rings. The number of aryl methyl sites for hydroxylation is 1. The summed E-state index contributed by atoms with van der Waals surface area (Å²) in [6, 6.07) is 4.12. The molecule has 3 nitrogen and oxygen atoms in total. The van der Waals surface area contributed by atoms with E-state index in [0.717, 1.165) is 15.9 Å². The molecule has 0 atom stereocenters. The van der Waals surface area contributed by atoms with E-state index in [1.165, 1.54) is 10.4 Å². The molecule has 0 spiro atoms. The minimum Gasteiger partial charge on any atom is -0.330 e. The van der Waals surface area contributed by atoms with E-state index in [9.17, 15) is 0 Å². The van der Waals surface area contributed by atoms with Gasteiger partial charge in [-0.05, 0) is 41.0 Å². The predicted octanol–water partition coefficient (Wildman–Crippen LogP) is 2.41. The van der Waals surface area contributed by atoms with Crippen LogP contribution in [0.2, 0.25) is 0 Å². The molecule has 0 aliphatic heterocycles. The van der Waals surface area contributed by atoms with Crippen LogP contribution in [0.5, 0.6) is 0 Å². The summed E-state index contributed by atoms with van der Waals surface area (Å²) in [5.41, 5.74) is 7.85. The third kappa shape index (κ3) is 2.30. The summed E-state index contributed by atoms with van der Waals surface area (Å²) >= 11 is 5.15. The zero-order chi connectivity index (χ0) is 10.8. The highest BCUT2D eigenvalue weighted by atomic mass is 79.9. The van der Waals surface area contributed by atoms with Crippen molar-refractivity contribution in [2.75, 3.05) is 6.54 Å². The molecular formula is C10H12BrN3S. The van der Waals surface area contributed by atoms with E-state index >= 15 is 0 Å². The Hall–Kier alpha value is -0.650. The number of aromatic nitrogens is 2. The van der Waals surface area contributed by atoms with Gasteiger partial charge in [0.05, 0.1) is 8.66 Å². The monoisotopic (exact) mass is 285 g/mol. The van der Waals surface area contributed by atoms with Crippen LogP contribution in [-0.4, -0.2) is 16.3 Å². The molecule has 0 bridgehead atoms. The van der Waals surface area contributed by atoms with E-state index in [1.807, 2.05) is 24.0 Å². The van der Waals surface area contributed by atoms with Crippen molar-refractivity contribution in [3.63, 3.8) is 0 Å². The summed E-state index contributed by atoms with van der Waals surface area (Å²) in [6.07, 6.45) is 2.91. The van der Waals surface area contributed by atoms with Crippen molar-refractivity contribution in [2.45, 2.75) is 6.42 Å². The van der Waals surface area contributed by atoms with Crippen LogP contribution in [-0.2, 0) is 13.5 Å². The SMILES string of the molecule is Cn1cc(CCN)c(-c2ccc(Br)s2)n1. The van der Waals surface area contributed by atoms with Gasteiger partial charge in [-0.25, -0.2) is 0 Å². The minimum absolute atomic E-state index is 0.658. The number of hydrogen-bond acceptors (Lipinski definition) is 3. The first-order chi connectivity index (χ1) is 7.20. The van der Waals surface area contributed by atoms with Crippen molar-refractivity contribution in [2.24, 2.45) is 12.8 Å². The Morgan fingerprint density at radius 3 is 2.93 bits per heavy atom. The molecule has 0 aliphatic carbocycles. The lowest BCUT2D eigenvalue weighted by molar-refractivity contribution is 0.770. The Kier molecular flexibility index (Phi) is 3.23. The fourth-order valence-electron chi connectivity index (χ4n) is 1.53. The maximum Gasteiger partial charge on any atom is 0.105 e. The fraction of sp³-hybridized carbons (Fsp3) is 0.300. The topological polar surface area (TPSA) is 43.8 Å². The quantitative estimate of drug-likeness (QED) is 0.941. The fourth-order valence-corrected chi connectivity index (χ4v) is 2.93. The Morgan fingerprint density at radius 2 is 2.33 bits per heavy atom. The first kappa shape index (κ1) is 10.9. The highest BCUT2D eigenvalue weighted by Gasteiger charge is 2.11. The maximum absolute atomic E-state index is 5.58. The molecule has 2 aromatic heterocycles. The Labute approximate surface area is 101 Å². The summed E-state index contributed by atoms with van der Waals surface area (Å²) < 4.78 is 2.97. The van der Waals surface area contributed by atoms with Gasteiger partial charge in [0.15, 0.2) is 0 Å². The van der Waals surface area contributed by atoms with E-state index in [0.29, 0.717) is 6.54 Å². The van der Waals surface area contributed by atoms with Gasteiger partial charge < -0.3 is 5.73 Å². The van der Waals surface area contributed by atoms with Crippen LogP contribution in [0.4, 0.5) is 0 Å². The second-order valence-corrected chi connectivity index (χ2v) is 5.78. The molecule has 2 N–H and O–H groups in total. The van der Waals surface area contributed by atoms with E-state index in [1.54, 1.807) is 11.3 Å². The van der Waals surface area contributed by atoms with E-state index in [2.05, 4.69) is 27.1 Å². The molecule has 5 heteroatoms. The molecule has 0 saturated heterocycles. The van der Waals surface area contributed by atoms with Gasteiger partial charge in [0.2, 0.25) is 0 Å². The molecule has 0 aromatic carbocycles. The van der Waals surface area contributed by atoms with Crippen molar-refractivity contribution >= 4 is 27.3 Å². The first-order valence-corrected chi connectivity index (χ1v) is 6.30. The highest BCUT2D eigenvalue weighted by Crippen LogP contribution is 2.32. The smallest absolute Gasteiger partial charge is 0.105 e. The van der Waals surface area contributed by atoms with Gasteiger partial charge in [-0.2, -0.15) is 5.10 Å². The number of hydrogen-bond donors (Lipinski definition) is 1. The van der Waals surface area contributed by atoms with Gasteiger partial charge in [0.25, 0.3) is 0 Å². The van der Waals surface area contributed by atoms with Gasteiger partial charge in [0, 0.05) is 18.8 Å². The average Bonchev–Trinajstić information content (AvgIpc) is 2.73. The predicted molar refractivity (Wildman–Crippen MR) is 67.0 cm³/mol. The molecule has 0 radical (unpaired) electrons. The van der Waals surface area contributed by atoms with Crippen molar-refractivity contribution in [1.82, 2.24) is 9.78 Å². The zero-order valence-electron chi connectivity index (χ0n) is 8.40. The van der Waals surface area contributed by atoms with E-state index in [4.69, 9.17) is 5.73 Å². The van der Waals surface area contributed by atoms with Crippen LogP contribution >= 0.6 is 27.3 Å². The first-order valence-electron chi connectivity index (χ1n) is 4.69. The summed E-state index contributed by atoms with van der Waals surface area (Å²) in [5, 5.41) is 4.46. The number of nitrogens with two attached hydrogens (primary N) is 1. The van der Waals surface area contributed by atoms with Crippen molar-refractivity contribution in [3.05, 3.63) is 27.7 Å². The van der Waals surface area contributed by atoms with Gasteiger partial charge in [0.1, 0.15) is 5.69 Å². The minimum atomic E-state index is 0.658. The van der Waals surface area contributed by atoms with Gasteiger partial charge >= 0.3 is 0 Å². The van der Waals surface area contributed by atoms with Crippen LogP contribution < -0.4 is 5.73 Å². The molecule has 2 rings (SSSR count). The Bertz CT molecular complexity index is 461. The van der Waals surface area contributed by atoms with Gasteiger partial charge in [-0.3, -0.25) is 4.68 Å². The van der Waals surface area contributed by atoms with Crippen molar-refractivity contribution in [1.29, 1.82) is 0 Å². The Balaban J connectivity index is 2.42. The standard InChI is InChI=1S/C10H12BrN3S/c1-14-6-7(4-5-12)10(13-14)8-2-3-9(11)15-8/h2-3,6H,4-5,12H2,1H3. The molecular weight excluding hydrogens is 274 g/mol. The highest BCUT2D eigenvalue weighted by molar-refractivity contribution is 9.11. The van der Waals surface area contributed by atoms with E-state index < -0.39 is 0 Å². The van der Waals surface area contributed by atoms with Gasteiger partial charge in [-0.1, -0.05) is 0 Å². The van der Waals surface area contributed by atoms with Gasteiger partial charge in [-0.15, -0.1) is 11.3 Å². The lowest BCUT2D eigenvalue weighted by atomic mass is 10.1. The summed E-state index contributed by atoms with van der Waals surface area (Å²) in [5.74, 6) is 0. The molecule has 15 heavy (non-hydrogen) atoms. The molecule has 0 saturated carbocycles. The summed E-state index contributed by atoms with van der Waals surface area (Å²) in [4.78, 5) is 1.19. The van der Waals surface area contributed by atoms with Crippen molar-refractivity contribution < 1.29 is 0 Å². The second kappa shape index (κ2) is 4.47. The van der Waals surface area contributed by atoms with Crippen molar-refractivity contribution in [3.8, 4) is 10.6 Å². The lowest BCUT2D eigenvalue weighted by Gasteiger charge is -1.96. The van der Waals surface area contributed by atoms with Crippen LogP contribution in [0.25, 0.3) is 10.6 Å². The lowest BCUT2D eigenvalue weighted by Crippen LogP contribution is -2.02. The van der Waals surface area contributed by atoms with Crippen LogP contribution in [0.15, 0.2) is 22.1 Å². The molecule has 80 valence electrons. The maximum atomic E-state index is 5.58. The van der Waals surface area contributed by atoms with E-state index in [-0.39, 0.29) is 0 Å². The normalized spacial score (nSPS) is 10.9. The third-order valence-electron chi connectivity index (χ3n) is 2.12. The van der Waals surface area contributed by atoms with Crippen LogP contribution in [0.3, 0.4) is 0 Å². The second-order valence-electron chi connectivity index (χ2n) is 3.32. The average molecular weight is 286 g/mol. The largest absolute Gasteiger partial charge is 0.330 e. The number of halogens is 1. The molecule has 0 amide bonds. The molecule has 0 aliphatic rings. The summed E-state index contributed by atoms with van der Waals surface area (Å²) in [6.45, 7) is 0.658. The zero-order valence-corrected chi connectivity index (χ0v) is 10.8. The molecule has 0 unspecified atom stereocenters. The number of rotatable bonds is 3.